The first kappa shape index (κ1) is 20.2. The van der Waals surface area contributed by atoms with E-state index in [0.29, 0.717) is 12.6 Å². The van der Waals surface area contributed by atoms with Gasteiger partial charge in [0.1, 0.15) is 11.4 Å². The molecule has 1 unspecified atom stereocenters. The van der Waals surface area contributed by atoms with Crippen LogP contribution in [0.4, 0.5) is 0 Å². The summed E-state index contributed by atoms with van der Waals surface area (Å²) in [4.78, 5) is 30.2. The molecule has 168 valence electrons. The van der Waals surface area contributed by atoms with Crippen LogP contribution in [0.2, 0.25) is 0 Å². The van der Waals surface area contributed by atoms with Crippen molar-refractivity contribution in [2.24, 2.45) is 0 Å². The molecule has 0 aromatic carbocycles. The summed E-state index contributed by atoms with van der Waals surface area (Å²) in [6.45, 7) is 5.16. The molecule has 6 rings (SSSR count). The first-order chi connectivity index (χ1) is 15.7. The highest BCUT2D eigenvalue weighted by Crippen LogP contribution is 2.33. The number of aromatic nitrogens is 2. The van der Waals surface area contributed by atoms with Gasteiger partial charge in [0.2, 0.25) is 0 Å². The lowest BCUT2D eigenvalue weighted by atomic mass is 10.0. The maximum absolute atomic E-state index is 12.6. The summed E-state index contributed by atoms with van der Waals surface area (Å²) in [7, 11) is 0. The average molecular weight is 453 g/mol. The molecule has 3 aliphatic rings. The van der Waals surface area contributed by atoms with E-state index in [9.17, 15) is 9.59 Å². The number of hydrogen-bond acceptors (Lipinski definition) is 6. The molecule has 3 aliphatic heterocycles. The Bertz CT molecular complexity index is 1240. The Balaban J connectivity index is 1.07. The van der Waals surface area contributed by atoms with Gasteiger partial charge in [0.25, 0.3) is 11.1 Å². The number of nitrogens with zero attached hydrogens (tertiary/aromatic N) is 3. The maximum atomic E-state index is 12.6. The number of fused-ring (bicyclic) bond motifs is 1. The molecule has 7 nitrogen and oxygen atoms in total. The molecule has 32 heavy (non-hydrogen) atoms. The number of pyridine rings is 2. The van der Waals surface area contributed by atoms with Crippen molar-refractivity contribution in [2.75, 3.05) is 26.2 Å². The first-order valence-electron chi connectivity index (χ1n) is 11.6. The number of likely N-dealkylation sites (tertiary alicyclic amines) is 1. The number of aryl methyl sites for hydroxylation is 1. The van der Waals surface area contributed by atoms with Crippen molar-refractivity contribution in [1.82, 2.24) is 19.4 Å². The smallest absolute Gasteiger partial charge is 0.252 e. The van der Waals surface area contributed by atoms with Crippen LogP contribution in [0.5, 0.6) is 5.75 Å². The van der Waals surface area contributed by atoms with E-state index in [1.165, 1.54) is 9.75 Å². The Morgan fingerprint density at radius 2 is 1.91 bits per heavy atom. The normalized spacial score (nSPS) is 21.1. The molecular weight excluding hydrogens is 424 g/mol. The predicted molar refractivity (Wildman–Crippen MR) is 126 cm³/mol. The molecule has 3 aromatic heterocycles. The highest BCUT2D eigenvalue weighted by molar-refractivity contribution is 7.12. The Labute approximate surface area is 190 Å². The van der Waals surface area contributed by atoms with Gasteiger partial charge in [0.15, 0.2) is 0 Å². The van der Waals surface area contributed by atoms with E-state index < -0.39 is 0 Å². The van der Waals surface area contributed by atoms with Crippen molar-refractivity contribution in [2.45, 2.75) is 50.9 Å². The average Bonchev–Trinajstić information content (AvgIpc) is 3.40. The molecule has 1 N–H and O–H groups in total. The number of ether oxygens (including phenoxy) is 1. The third-order valence-corrected chi connectivity index (χ3v) is 8.24. The van der Waals surface area contributed by atoms with E-state index in [2.05, 4.69) is 16.3 Å². The summed E-state index contributed by atoms with van der Waals surface area (Å²) in [6.07, 6.45) is 4.47. The van der Waals surface area contributed by atoms with E-state index in [1.54, 1.807) is 16.7 Å². The molecule has 0 bridgehead atoms. The Hall–Kier alpha value is -2.42. The lowest BCUT2D eigenvalue weighted by Crippen LogP contribution is -2.44. The minimum Gasteiger partial charge on any atom is -0.492 e. The van der Waals surface area contributed by atoms with Gasteiger partial charge in [-0.15, -0.1) is 11.3 Å². The van der Waals surface area contributed by atoms with Crippen LogP contribution in [0.1, 0.15) is 35.1 Å². The molecule has 8 heteroatoms. The van der Waals surface area contributed by atoms with Gasteiger partial charge >= 0.3 is 0 Å². The fourth-order valence-corrected chi connectivity index (χ4v) is 6.52. The monoisotopic (exact) mass is 452 g/mol. The number of hydrogen-bond donors (Lipinski definition) is 1. The van der Waals surface area contributed by atoms with Crippen LogP contribution in [0.3, 0.4) is 0 Å². The van der Waals surface area contributed by atoms with E-state index in [1.807, 2.05) is 28.0 Å². The van der Waals surface area contributed by atoms with Gasteiger partial charge in [-0.1, -0.05) is 0 Å². The summed E-state index contributed by atoms with van der Waals surface area (Å²) < 4.78 is 9.36. The Morgan fingerprint density at radius 1 is 1.09 bits per heavy atom. The van der Waals surface area contributed by atoms with Crippen molar-refractivity contribution in [3.05, 3.63) is 60.8 Å². The highest BCUT2D eigenvalue weighted by atomic mass is 32.1. The standard InChI is InChI=1S/C24H28N4O3S/c29-22-5-3-16-4-6-23(30)28-18(15-27(22)24(16)28)14-26-9-7-17(8-10-26)25-13-19-12-20-21(32-19)2-1-11-31-20/h3-6,12,17-18,25H,1-2,7-11,13-15H2. The lowest BCUT2D eigenvalue weighted by Gasteiger charge is -2.34. The lowest BCUT2D eigenvalue weighted by molar-refractivity contribution is 0.171. The minimum atomic E-state index is -0.0251. The molecule has 1 atom stereocenters. The minimum absolute atomic E-state index is 0.0153. The number of rotatable bonds is 5. The second-order valence-corrected chi connectivity index (χ2v) is 10.4. The maximum Gasteiger partial charge on any atom is 0.252 e. The summed E-state index contributed by atoms with van der Waals surface area (Å²) in [6, 6.07) is 9.61. The SMILES string of the molecule is O=c1ccc2ccc(=O)n3c2n1CC3CN1CCC(NCc2cc3c(s2)CCCO3)CC1. The van der Waals surface area contributed by atoms with Crippen molar-refractivity contribution in [1.29, 1.82) is 0 Å². The van der Waals surface area contributed by atoms with Gasteiger partial charge in [-0.05, 0) is 57.0 Å². The first-order valence-corrected chi connectivity index (χ1v) is 12.4. The molecule has 1 saturated heterocycles. The van der Waals surface area contributed by atoms with Gasteiger partial charge in [-0.25, -0.2) is 0 Å². The van der Waals surface area contributed by atoms with Gasteiger partial charge in [-0.3, -0.25) is 18.7 Å². The van der Waals surface area contributed by atoms with E-state index in [0.717, 1.165) is 75.3 Å². The van der Waals surface area contributed by atoms with Crippen LogP contribution in [0.25, 0.3) is 11.0 Å². The zero-order valence-corrected chi connectivity index (χ0v) is 18.9. The molecule has 0 saturated carbocycles. The fourth-order valence-electron chi connectivity index (χ4n) is 5.42. The zero-order valence-electron chi connectivity index (χ0n) is 18.1. The molecule has 6 heterocycles. The molecule has 0 aliphatic carbocycles. The Morgan fingerprint density at radius 3 is 2.72 bits per heavy atom. The van der Waals surface area contributed by atoms with Crippen molar-refractivity contribution >= 4 is 22.4 Å². The van der Waals surface area contributed by atoms with E-state index in [-0.39, 0.29) is 17.2 Å². The third-order valence-electron chi connectivity index (χ3n) is 7.06. The van der Waals surface area contributed by atoms with Gasteiger partial charge in [0, 0.05) is 52.9 Å². The molecule has 0 amide bonds. The Kier molecular flexibility index (Phi) is 5.16. The summed E-state index contributed by atoms with van der Waals surface area (Å²) in [5, 5.41) is 4.69. The zero-order chi connectivity index (χ0) is 21.7. The van der Waals surface area contributed by atoms with E-state index >= 15 is 0 Å². The van der Waals surface area contributed by atoms with Crippen LogP contribution in [0, 0.1) is 0 Å². The molecule has 0 radical (unpaired) electrons. The number of thiophene rings is 1. The molecular formula is C24H28N4O3S. The number of piperidine rings is 1. The van der Waals surface area contributed by atoms with Gasteiger partial charge in [0.05, 0.1) is 12.6 Å². The van der Waals surface area contributed by atoms with Crippen LogP contribution in [-0.2, 0) is 19.5 Å². The number of nitrogens with one attached hydrogen (secondary N) is 1. The summed E-state index contributed by atoms with van der Waals surface area (Å²) >= 11 is 1.88. The van der Waals surface area contributed by atoms with Crippen molar-refractivity contribution < 1.29 is 4.74 Å². The predicted octanol–water partition coefficient (Wildman–Crippen LogP) is 2.36. The quantitative estimate of drug-likeness (QED) is 0.644. The molecule has 0 spiro atoms. The third kappa shape index (κ3) is 3.60. The molecule has 1 fully saturated rings. The van der Waals surface area contributed by atoms with E-state index in [4.69, 9.17) is 4.74 Å². The highest BCUT2D eigenvalue weighted by Gasteiger charge is 2.29. The second kappa shape index (κ2) is 8.17. The van der Waals surface area contributed by atoms with Crippen LogP contribution < -0.4 is 21.2 Å². The largest absolute Gasteiger partial charge is 0.492 e. The summed E-state index contributed by atoms with van der Waals surface area (Å²) in [5.41, 5.74) is 0.732. The van der Waals surface area contributed by atoms with Crippen LogP contribution in [-0.4, -0.2) is 46.3 Å². The van der Waals surface area contributed by atoms with Gasteiger partial charge < -0.3 is 15.0 Å². The second-order valence-electron chi connectivity index (χ2n) is 9.16. The van der Waals surface area contributed by atoms with Crippen molar-refractivity contribution in [3.63, 3.8) is 0 Å². The van der Waals surface area contributed by atoms with Gasteiger partial charge in [-0.2, -0.15) is 0 Å². The molecule has 3 aromatic rings. The summed E-state index contributed by atoms with van der Waals surface area (Å²) in [5.74, 6) is 1.09. The topological polar surface area (TPSA) is 68.5 Å². The van der Waals surface area contributed by atoms with Crippen molar-refractivity contribution in [3.8, 4) is 5.75 Å². The fraction of sp³-hybridized carbons (Fsp3) is 0.500. The van der Waals surface area contributed by atoms with Crippen LogP contribution in [0.15, 0.2) is 39.9 Å². The van der Waals surface area contributed by atoms with Crippen LogP contribution >= 0.6 is 11.3 Å².